The maximum absolute atomic E-state index is 13.6. The van der Waals surface area contributed by atoms with Gasteiger partial charge in [-0.15, -0.1) is 0 Å². The van der Waals surface area contributed by atoms with Crippen molar-refractivity contribution >= 4 is 0 Å². The molecule has 0 aliphatic rings. The molecular weight excluding hydrogens is 255 g/mol. The number of halogens is 3. The van der Waals surface area contributed by atoms with Crippen LogP contribution in [0.25, 0.3) is 0 Å². The van der Waals surface area contributed by atoms with E-state index in [9.17, 15) is 13.2 Å². The normalized spacial score (nSPS) is 10.5. The Morgan fingerprint density at radius 2 is 1.79 bits per heavy atom. The Balaban J connectivity index is 2.35. The second kappa shape index (κ2) is 5.75. The molecule has 5 heteroatoms. The van der Waals surface area contributed by atoms with Crippen molar-refractivity contribution in [3.63, 3.8) is 0 Å². The zero-order chi connectivity index (χ0) is 13.8. The van der Waals surface area contributed by atoms with Gasteiger partial charge in [-0.2, -0.15) is 0 Å². The quantitative estimate of drug-likeness (QED) is 0.913. The van der Waals surface area contributed by atoms with Crippen molar-refractivity contribution in [1.29, 1.82) is 0 Å². The van der Waals surface area contributed by atoms with Crippen molar-refractivity contribution in [2.75, 3.05) is 7.05 Å². The zero-order valence-corrected chi connectivity index (χ0v) is 10.2. The van der Waals surface area contributed by atoms with Crippen LogP contribution in [0.1, 0.15) is 5.56 Å². The summed E-state index contributed by atoms with van der Waals surface area (Å²) in [6.07, 6.45) is 0. The third kappa shape index (κ3) is 3.06. The van der Waals surface area contributed by atoms with Crippen LogP contribution in [0.2, 0.25) is 0 Å². The van der Waals surface area contributed by atoms with Crippen LogP contribution < -0.4 is 10.1 Å². The van der Waals surface area contributed by atoms with E-state index in [1.807, 2.05) is 0 Å². The number of hydrogen-bond donors (Lipinski definition) is 1. The Labute approximate surface area is 108 Å². The Bertz CT molecular complexity index is 587. The summed E-state index contributed by atoms with van der Waals surface area (Å²) in [5.41, 5.74) is 0.286. The molecule has 2 aromatic carbocycles. The van der Waals surface area contributed by atoms with Gasteiger partial charge in [-0.1, -0.05) is 6.07 Å². The first-order valence-corrected chi connectivity index (χ1v) is 5.66. The number of nitrogens with one attached hydrogen (secondary N) is 1. The van der Waals surface area contributed by atoms with E-state index in [1.165, 1.54) is 24.3 Å². The lowest BCUT2D eigenvalue weighted by molar-refractivity contribution is 0.427. The monoisotopic (exact) mass is 267 g/mol. The van der Waals surface area contributed by atoms with Gasteiger partial charge in [-0.05, 0) is 31.3 Å². The smallest absolute Gasteiger partial charge is 0.168 e. The highest BCUT2D eigenvalue weighted by atomic mass is 19.1. The first-order chi connectivity index (χ1) is 9.11. The molecule has 0 atom stereocenters. The lowest BCUT2D eigenvalue weighted by atomic mass is 10.2. The van der Waals surface area contributed by atoms with Gasteiger partial charge in [0.05, 0.1) is 0 Å². The van der Waals surface area contributed by atoms with Crippen LogP contribution in [-0.4, -0.2) is 7.05 Å². The summed E-state index contributed by atoms with van der Waals surface area (Å²) >= 11 is 0. The fourth-order valence-electron chi connectivity index (χ4n) is 1.66. The molecule has 0 bridgehead atoms. The van der Waals surface area contributed by atoms with E-state index in [1.54, 1.807) is 7.05 Å². The Morgan fingerprint density at radius 3 is 2.47 bits per heavy atom. The molecule has 0 unspecified atom stereocenters. The van der Waals surface area contributed by atoms with E-state index >= 15 is 0 Å². The molecule has 0 aliphatic heterocycles. The molecule has 2 nitrogen and oxygen atoms in total. The molecule has 0 aromatic heterocycles. The van der Waals surface area contributed by atoms with E-state index in [2.05, 4.69) is 5.32 Å². The van der Waals surface area contributed by atoms with Crippen LogP contribution in [-0.2, 0) is 6.54 Å². The SMILES string of the molecule is CNCc1c(F)cccc1Oc1ccc(F)cc1F. The summed E-state index contributed by atoms with van der Waals surface area (Å²) in [7, 11) is 1.66. The van der Waals surface area contributed by atoms with E-state index < -0.39 is 17.5 Å². The van der Waals surface area contributed by atoms with Gasteiger partial charge < -0.3 is 10.1 Å². The molecule has 19 heavy (non-hydrogen) atoms. The maximum Gasteiger partial charge on any atom is 0.168 e. The molecule has 0 spiro atoms. The van der Waals surface area contributed by atoms with Gasteiger partial charge in [-0.25, -0.2) is 13.2 Å². The molecule has 1 N–H and O–H groups in total. The molecule has 2 aromatic rings. The van der Waals surface area contributed by atoms with Crippen molar-refractivity contribution in [2.24, 2.45) is 0 Å². The Kier molecular flexibility index (Phi) is 4.06. The van der Waals surface area contributed by atoms with Crippen LogP contribution in [0.15, 0.2) is 36.4 Å². The number of ether oxygens (including phenoxy) is 1. The average molecular weight is 267 g/mol. The lowest BCUT2D eigenvalue weighted by Crippen LogP contribution is -2.08. The van der Waals surface area contributed by atoms with Gasteiger partial charge in [0.15, 0.2) is 11.6 Å². The standard InChI is InChI=1S/C14H12F3NO/c1-18-8-10-11(16)3-2-4-13(10)19-14-6-5-9(15)7-12(14)17/h2-7,18H,8H2,1H3. The Morgan fingerprint density at radius 1 is 1.00 bits per heavy atom. The average Bonchev–Trinajstić information content (AvgIpc) is 2.37. The van der Waals surface area contributed by atoms with Crippen molar-refractivity contribution in [3.8, 4) is 11.5 Å². The molecule has 0 aliphatic carbocycles. The van der Waals surface area contributed by atoms with Gasteiger partial charge in [0.1, 0.15) is 17.4 Å². The predicted octanol–water partition coefficient (Wildman–Crippen LogP) is 3.62. The first-order valence-electron chi connectivity index (χ1n) is 5.66. The molecule has 0 fully saturated rings. The van der Waals surface area contributed by atoms with Gasteiger partial charge in [-0.3, -0.25) is 0 Å². The molecule has 100 valence electrons. The van der Waals surface area contributed by atoms with Crippen LogP contribution in [0.5, 0.6) is 11.5 Å². The second-order valence-electron chi connectivity index (χ2n) is 3.92. The van der Waals surface area contributed by atoms with Crippen molar-refractivity contribution < 1.29 is 17.9 Å². The third-order valence-corrected chi connectivity index (χ3v) is 2.54. The summed E-state index contributed by atoms with van der Waals surface area (Å²) in [6, 6.07) is 7.24. The molecule has 0 radical (unpaired) electrons. The topological polar surface area (TPSA) is 21.3 Å². The lowest BCUT2D eigenvalue weighted by Gasteiger charge is -2.12. The molecular formula is C14H12F3NO. The maximum atomic E-state index is 13.6. The number of rotatable bonds is 4. The fraction of sp³-hybridized carbons (Fsp3) is 0.143. The van der Waals surface area contributed by atoms with E-state index in [0.717, 1.165) is 6.07 Å². The summed E-state index contributed by atoms with van der Waals surface area (Å²) in [4.78, 5) is 0. The highest BCUT2D eigenvalue weighted by Gasteiger charge is 2.12. The van der Waals surface area contributed by atoms with Crippen molar-refractivity contribution in [2.45, 2.75) is 6.54 Å². The first kappa shape index (κ1) is 13.4. The van der Waals surface area contributed by atoms with Crippen LogP contribution in [0.3, 0.4) is 0 Å². The van der Waals surface area contributed by atoms with Gasteiger partial charge in [0, 0.05) is 18.2 Å². The fourth-order valence-corrected chi connectivity index (χ4v) is 1.66. The predicted molar refractivity (Wildman–Crippen MR) is 65.6 cm³/mol. The summed E-state index contributed by atoms with van der Waals surface area (Å²) in [6.45, 7) is 0.241. The molecule has 0 saturated carbocycles. The number of hydrogen-bond acceptors (Lipinski definition) is 2. The molecule has 0 amide bonds. The van der Waals surface area contributed by atoms with Crippen LogP contribution in [0, 0.1) is 17.5 Å². The molecule has 2 rings (SSSR count). The van der Waals surface area contributed by atoms with Gasteiger partial charge in [0.25, 0.3) is 0 Å². The Hall–Kier alpha value is -2.01. The van der Waals surface area contributed by atoms with Gasteiger partial charge in [0.2, 0.25) is 0 Å². The second-order valence-corrected chi connectivity index (χ2v) is 3.92. The highest BCUT2D eigenvalue weighted by molar-refractivity contribution is 5.39. The van der Waals surface area contributed by atoms with E-state index in [4.69, 9.17) is 4.74 Å². The van der Waals surface area contributed by atoms with Crippen molar-refractivity contribution in [1.82, 2.24) is 5.32 Å². The third-order valence-electron chi connectivity index (χ3n) is 2.54. The zero-order valence-electron chi connectivity index (χ0n) is 10.2. The number of benzene rings is 2. The largest absolute Gasteiger partial charge is 0.454 e. The summed E-state index contributed by atoms with van der Waals surface area (Å²) in [5.74, 6) is -1.93. The van der Waals surface area contributed by atoms with Gasteiger partial charge >= 0.3 is 0 Å². The molecule has 0 heterocycles. The van der Waals surface area contributed by atoms with Crippen LogP contribution >= 0.6 is 0 Å². The molecule has 0 saturated heterocycles. The van der Waals surface area contributed by atoms with Crippen molar-refractivity contribution in [3.05, 3.63) is 59.4 Å². The highest BCUT2D eigenvalue weighted by Crippen LogP contribution is 2.29. The summed E-state index contributed by atoms with van der Waals surface area (Å²) in [5, 5.41) is 2.80. The summed E-state index contributed by atoms with van der Waals surface area (Å²) < 4.78 is 45.2. The van der Waals surface area contributed by atoms with E-state index in [-0.39, 0.29) is 23.6 Å². The van der Waals surface area contributed by atoms with Crippen LogP contribution in [0.4, 0.5) is 13.2 Å². The van der Waals surface area contributed by atoms with E-state index in [0.29, 0.717) is 6.07 Å². The minimum atomic E-state index is -0.834. The minimum Gasteiger partial charge on any atom is -0.454 e. The minimum absolute atomic E-state index is 0.149.